The second kappa shape index (κ2) is 6.73. The predicted octanol–water partition coefficient (Wildman–Crippen LogP) is 3.37. The molecular weight excluding hydrogens is 310 g/mol. The zero-order valence-electron chi connectivity index (χ0n) is 14.3. The predicted molar refractivity (Wildman–Crippen MR) is 101 cm³/mol. The number of hydrogen-bond acceptors (Lipinski definition) is 3. The average Bonchev–Trinajstić information content (AvgIpc) is 2.95. The standard InChI is InChI=1S/C21H23N3O/c22-16-9-7-15(8-10-16)14-23-12-11-17-18-4-3-6-20(25)21(18)24-13-2-1-5-19(17)24/h1-2,5,7-10,13,23H,3-4,6,11-12,14,22H2. The molecule has 0 radical (unpaired) electrons. The summed E-state index contributed by atoms with van der Waals surface area (Å²) in [6, 6.07) is 14.1. The van der Waals surface area contributed by atoms with Crippen molar-refractivity contribution in [2.24, 2.45) is 0 Å². The molecule has 4 heteroatoms. The molecule has 4 rings (SSSR count). The Hall–Kier alpha value is -2.59. The number of fused-ring (bicyclic) bond motifs is 3. The summed E-state index contributed by atoms with van der Waals surface area (Å²) in [5, 5.41) is 3.51. The zero-order valence-corrected chi connectivity index (χ0v) is 14.3. The lowest BCUT2D eigenvalue weighted by atomic mass is 9.92. The Morgan fingerprint density at radius 2 is 1.92 bits per heavy atom. The van der Waals surface area contributed by atoms with Gasteiger partial charge in [-0.05, 0) is 66.8 Å². The number of nitrogen functional groups attached to an aromatic ring is 1. The van der Waals surface area contributed by atoms with Crippen molar-refractivity contribution >= 4 is 17.0 Å². The number of ketones is 1. The highest BCUT2D eigenvalue weighted by Crippen LogP contribution is 2.30. The van der Waals surface area contributed by atoms with E-state index in [0.717, 1.165) is 43.7 Å². The highest BCUT2D eigenvalue weighted by molar-refractivity contribution is 5.99. The first kappa shape index (κ1) is 15.9. The molecule has 2 heterocycles. The molecule has 1 aliphatic carbocycles. The Kier molecular flexibility index (Phi) is 4.28. The van der Waals surface area contributed by atoms with Crippen molar-refractivity contribution in [3.8, 4) is 0 Å². The number of nitrogens with two attached hydrogens (primary N) is 1. The Labute approximate surface area is 147 Å². The van der Waals surface area contributed by atoms with Gasteiger partial charge in [0.15, 0.2) is 5.78 Å². The fraction of sp³-hybridized carbons (Fsp3) is 0.286. The molecule has 0 unspecified atom stereocenters. The molecule has 0 saturated heterocycles. The van der Waals surface area contributed by atoms with Crippen LogP contribution in [0.25, 0.3) is 5.52 Å². The molecule has 128 valence electrons. The Bertz CT molecular complexity index is 909. The van der Waals surface area contributed by atoms with Gasteiger partial charge in [0.1, 0.15) is 0 Å². The van der Waals surface area contributed by atoms with Crippen LogP contribution < -0.4 is 11.1 Å². The summed E-state index contributed by atoms with van der Waals surface area (Å²) in [6.45, 7) is 1.72. The minimum absolute atomic E-state index is 0.281. The number of benzene rings is 1. The van der Waals surface area contributed by atoms with Gasteiger partial charge >= 0.3 is 0 Å². The fourth-order valence-corrected chi connectivity index (χ4v) is 3.80. The van der Waals surface area contributed by atoms with E-state index < -0.39 is 0 Å². The summed E-state index contributed by atoms with van der Waals surface area (Å²) in [4.78, 5) is 12.4. The van der Waals surface area contributed by atoms with Crippen molar-refractivity contribution in [2.75, 3.05) is 12.3 Å². The SMILES string of the molecule is Nc1ccc(CNCCc2c3c(n4ccccc24)C(=O)CCC3)cc1. The number of nitrogens with one attached hydrogen (secondary N) is 1. The second-order valence-electron chi connectivity index (χ2n) is 6.71. The van der Waals surface area contributed by atoms with Gasteiger partial charge in [-0.2, -0.15) is 0 Å². The molecule has 1 aromatic carbocycles. The fourth-order valence-electron chi connectivity index (χ4n) is 3.80. The second-order valence-corrected chi connectivity index (χ2v) is 6.71. The third-order valence-electron chi connectivity index (χ3n) is 5.02. The van der Waals surface area contributed by atoms with Crippen LogP contribution in [0.2, 0.25) is 0 Å². The van der Waals surface area contributed by atoms with Gasteiger partial charge in [0, 0.05) is 30.4 Å². The molecule has 0 bridgehead atoms. The molecular formula is C21H23N3O. The topological polar surface area (TPSA) is 59.5 Å². The summed E-state index contributed by atoms with van der Waals surface area (Å²) in [5.41, 5.74) is 12.4. The first-order valence-electron chi connectivity index (χ1n) is 8.93. The van der Waals surface area contributed by atoms with Crippen LogP contribution in [0.15, 0.2) is 48.7 Å². The van der Waals surface area contributed by atoms with Crippen LogP contribution in [0.4, 0.5) is 5.69 Å². The van der Waals surface area contributed by atoms with E-state index in [4.69, 9.17) is 5.73 Å². The lowest BCUT2D eigenvalue weighted by molar-refractivity contribution is 0.0966. The molecule has 3 aromatic rings. The normalized spacial score (nSPS) is 14.0. The molecule has 4 nitrogen and oxygen atoms in total. The highest BCUT2D eigenvalue weighted by atomic mass is 16.1. The minimum atomic E-state index is 0.281. The third-order valence-corrected chi connectivity index (χ3v) is 5.02. The first-order valence-corrected chi connectivity index (χ1v) is 8.93. The van der Waals surface area contributed by atoms with Crippen molar-refractivity contribution in [3.63, 3.8) is 0 Å². The van der Waals surface area contributed by atoms with E-state index in [1.165, 1.54) is 22.2 Å². The van der Waals surface area contributed by atoms with Crippen molar-refractivity contribution in [3.05, 3.63) is 71.0 Å². The Balaban J connectivity index is 1.51. The smallest absolute Gasteiger partial charge is 0.179 e. The quantitative estimate of drug-likeness (QED) is 0.556. The largest absolute Gasteiger partial charge is 0.399 e. The lowest BCUT2D eigenvalue weighted by Crippen LogP contribution is -2.18. The van der Waals surface area contributed by atoms with Gasteiger partial charge in [0.25, 0.3) is 0 Å². The molecule has 25 heavy (non-hydrogen) atoms. The molecule has 3 N–H and O–H groups in total. The van der Waals surface area contributed by atoms with Crippen molar-refractivity contribution in [1.82, 2.24) is 9.72 Å². The zero-order chi connectivity index (χ0) is 17.2. The summed E-state index contributed by atoms with van der Waals surface area (Å²) >= 11 is 0. The van der Waals surface area contributed by atoms with E-state index in [-0.39, 0.29) is 5.78 Å². The van der Waals surface area contributed by atoms with E-state index in [1.807, 2.05) is 24.4 Å². The van der Waals surface area contributed by atoms with Crippen LogP contribution in [0.5, 0.6) is 0 Å². The number of carbonyl (C=O) groups is 1. The molecule has 1 aliphatic rings. The van der Waals surface area contributed by atoms with Crippen LogP contribution in [0.3, 0.4) is 0 Å². The maximum atomic E-state index is 12.4. The number of nitrogens with zero attached hydrogens (tertiary/aromatic N) is 1. The van der Waals surface area contributed by atoms with Crippen molar-refractivity contribution in [2.45, 2.75) is 32.2 Å². The number of anilines is 1. The monoisotopic (exact) mass is 333 g/mol. The van der Waals surface area contributed by atoms with E-state index in [2.05, 4.69) is 34.0 Å². The van der Waals surface area contributed by atoms with Gasteiger partial charge < -0.3 is 15.5 Å². The van der Waals surface area contributed by atoms with E-state index >= 15 is 0 Å². The summed E-state index contributed by atoms with van der Waals surface area (Å²) in [6.07, 6.45) is 5.60. The molecule has 0 aliphatic heterocycles. The van der Waals surface area contributed by atoms with E-state index in [9.17, 15) is 4.79 Å². The van der Waals surface area contributed by atoms with Crippen molar-refractivity contribution < 1.29 is 4.79 Å². The van der Waals surface area contributed by atoms with Crippen LogP contribution in [-0.4, -0.2) is 16.7 Å². The van der Waals surface area contributed by atoms with Gasteiger partial charge in [-0.3, -0.25) is 4.79 Å². The number of pyridine rings is 1. The van der Waals surface area contributed by atoms with Crippen LogP contribution >= 0.6 is 0 Å². The molecule has 0 spiro atoms. The van der Waals surface area contributed by atoms with Crippen molar-refractivity contribution in [1.29, 1.82) is 0 Å². The van der Waals surface area contributed by atoms with E-state index in [0.29, 0.717) is 6.42 Å². The van der Waals surface area contributed by atoms with E-state index in [1.54, 1.807) is 0 Å². The number of hydrogen-bond donors (Lipinski definition) is 2. The van der Waals surface area contributed by atoms with Crippen LogP contribution in [0, 0.1) is 0 Å². The average molecular weight is 333 g/mol. The summed E-state index contributed by atoms with van der Waals surface area (Å²) < 4.78 is 2.09. The lowest BCUT2D eigenvalue weighted by Gasteiger charge is -2.12. The number of rotatable bonds is 5. The number of Topliss-reactive ketones (excluding diaryl/α,β-unsaturated/α-hetero) is 1. The third kappa shape index (κ3) is 3.05. The van der Waals surface area contributed by atoms with Gasteiger partial charge in [-0.1, -0.05) is 18.2 Å². The Morgan fingerprint density at radius 3 is 2.76 bits per heavy atom. The first-order chi connectivity index (χ1) is 12.2. The number of aromatic nitrogens is 1. The van der Waals surface area contributed by atoms with Gasteiger partial charge in [-0.25, -0.2) is 0 Å². The van der Waals surface area contributed by atoms with Gasteiger partial charge in [-0.15, -0.1) is 0 Å². The molecule has 2 aromatic heterocycles. The number of carbonyl (C=O) groups excluding carboxylic acids is 1. The highest BCUT2D eigenvalue weighted by Gasteiger charge is 2.25. The maximum Gasteiger partial charge on any atom is 0.179 e. The van der Waals surface area contributed by atoms with Crippen LogP contribution in [0.1, 0.15) is 40.0 Å². The minimum Gasteiger partial charge on any atom is -0.399 e. The Morgan fingerprint density at radius 1 is 1.08 bits per heavy atom. The van der Waals surface area contributed by atoms with Gasteiger partial charge in [0.2, 0.25) is 0 Å². The summed E-state index contributed by atoms with van der Waals surface area (Å²) in [7, 11) is 0. The van der Waals surface area contributed by atoms with Gasteiger partial charge in [0.05, 0.1) is 5.69 Å². The molecule has 0 fully saturated rings. The maximum absolute atomic E-state index is 12.4. The molecule has 0 atom stereocenters. The molecule has 0 amide bonds. The van der Waals surface area contributed by atoms with Crippen LogP contribution in [-0.2, 0) is 19.4 Å². The molecule has 0 saturated carbocycles. The summed E-state index contributed by atoms with van der Waals surface area (Å²) in [5.74, 6) is 0.281.